The van der Waals surface area contributed by atoms with Crippen LogP contribution in [0.25, 0.3) is 0 Å². The van der Waals surface area contributed by atoms with E-state index in [-0.39, 0.29) is 30.7 Å². The van der Waals surface area contributed by atoms with Gasteiger partial charge in [0.15, 0.2) is 5.78 Å². The molecule has 0 radical (unpaired) electrons. The van der Waals surface area contributed by atoms with Gasteiger partial charge in [-0.2, -0.15) is 13.2 Å². The quantitative estimate of drug-likeness (QED) is 0.575. The third kappa shape index (κ3) is 4.77. The number of fused-ring (bicyclic) bond motifs is 1. The smallest absolute Gasteiger partial charge is 0.352 e. The van der Waals surface area contributed by atoms with Crippen molar-refractivity contribution in [3.63, 3.8) is 0 Å². The Hall–Kier alpha value is -2.70. The van der Waals surface area contributed by atoms with E-state index in [4.69, 9.17) is 0 Å². The summed E-state index contributed by atoms with van der Waals surface area (Å²) in [6.45, 7) is -0.388. The van der Waals surface area contributed by atoms with Crippen molar-refractivity contribution >= 4 is 11.7 Å². The zero-order valence-electron chi connectivity index (χ0n) is 15.0. The first kappa shape index (κ1) is 20.0. The van der Waals surface area contributed by atoms with Crippen LogP contribution in [0, 0.1) is 5.82 Å². The van der Waals surface area contributed by atoms with Crippen LogP contribution in [0.1, 0.15) is 51.9 Å². The van der Waals surface area contributed by atoms with Crippen LogP contribution < -0.4 is 5.32 Å². The maximum atomic E-state index is 13.1. The number of nitrogens with one attached hydrogen (secondary N) is 1. The summed E-state index contributed by atoms with van der Waals surface area (Å²) < 4.78 is 52.0. The Bertz CT molecular complexity index is 906. The monoisotopic (exact) mass is 393 g/mol. The number of carbonyl (C=O) groups excluding carboxylic acids is 2. The highest BCUT2D eigenvalue weighted by atomic mass is 19.4. The fourth-order valence-corrected chi connectivity index (χ4v) is 3.37. The lowest BCUT2D eigenvalue weighted by Gasteiger charge is -2.13. The van der Waals surface area contributed by atoms with Crippen molar-refractivity contribution in [1.29, 1.82) is 0 Å². The molecular weight excluding hydrogens is 374 g/mol. The fraction of sp³-hybridized carbons (Fsp3) is 0.333. The molecule has 0 saturated carbocycles. The van der Waals surface area contributed by atoms with Gasteiger partial charge in [0, 0.05) is 24.9 Å². The Morgan fingerprint density at radius 3 is 2.46 bits per heavy atom. The van der Waals surface area contributed by atoms with Gasteiger partial charge >= 0.3 is 6.18 Å². The maximum absolute atomic E-state index is 13.1. The van der Waals surface area contributed by atoms with Crippen molar-refractivity contribution < 1.29 is 27.2 Å². The van der Waals surface area contributed by atoms with Crippen LogP contribution in [-0.4, -0.2) is 11.7 Å². The van der Waals surface area contributed by atoms with E-state index in [0.717, 1.165) is 37.0 Å². The molecule has 0 unspecified atom stereocenters. The van der Waals surface area contributed by atoms with Crippen molar-refractivity contribution in [2.24, 2.45) is 0 Å². The van der Waals surface area contributed by atoms with E-state index in [9.17, 15) is 27.2 Å². The van der Waals surface area contributed by atoms with Crippen molar-refractivity contribution in [2.75, 3.05) is 0 Å². The van der Waals surface area contributed by atoms with Crippen LogP contribution in [0.3, 0.4) is 0 Å². The topological polar surface area (TPSA) is 46.2 Å². The standard InChI is InChI=1S/C21H19F4NO2/c22-17-7-6-16(18(11-17)21(23,24)25)12-26-20(28)9-8-19(27)15-5-4-13-2-1-3-14(13)10-15/h4-7,10-11H,1-3,8-9,12H2,(H,26,28). The molecule has 1 aliphatic rings. The van der Waals surface area contributed by atoms with Crippen molar-refractivity contribution in [1.82, 2.24) is 5.32 Å². The predicted molar refractivity (Wildman–Crippen MR) is 95.3 cm³/mol. The molecule has 1 N–H and O–H groups in total. The van der Waals surface area contributed by atoms with Crippen LogP contribution in [0.2, 0.25) is 0 Å². The Labute approximate surface area is 159 Å². The average Bonchev–Trinajstić information content (AvgIpc) is 3.12. The van der Waals surface area contributed by atoms with E-state index >= 15 is 0 Å². The number of hydrogen-bond acceptors (Lipinski definition) is 2. The molecule has 0 spiro atoms. The molecule has 0 aliphatic heterocycles. The highest BCUT2D eigenvalue weighted by molar-refractivity contribution is 5.98. The minimum Gasteiger partial charge on any atom is -0.352 e. The summed E-state index contributed by atoms with van der Waals surface area (Å²) in [5, 5.41) is 2.37. The molecule has 2 aromatic carbocycles. The van der Waals surface area contributed by atoms with E-state index in [0.29, 0.717) is 11.6 Å². The van der Waals surface area contributed by atoms with Gasteiger partial charge in [0.05, 0.1) is 5.56 Å². The van der Waals surface area contributed by atoms with Gasteiger partial charge in [-0.25, -0.2) is 4.39 Å². The number of amides is 1. The minimum absolute atomic E-state index is 0.0276. The fourth-order valence-electron chi connectivity index (χ4n) is 3.37. The number of alkyl halides is 3. The highest BCUT2D eigenvalue weighted by Gasteiger charge is 2.33. The van der Waals surface area contributed by atoms with Gasteiger partial charge < -0.3 is 5.32 Å². The minimum atomic E-state index is -4.72. The summed E-state index contributed by atoms with van der Waals surface area (Å²) in [5.41, 5.74) is 1.60. The second-order valence-corrected chi connectivity index (χ2v) is 6.84. The number of halogens is 4. The largest absolute Gasteiger partial charge is 0.416 e. The lowest BCUT2D eigenvalue weighted by Crippen LogP contribution is -2.25. The van der Waals surface area contributed by atoms with E-state index in [1.807, 2.05) is 12.1 Å². The Balaban J connectivity index is 1.55. The molecule has 148 valence electrons. The van der Waals surface area contributed by atoms with Gasteiger partial charge in [0.1, 0.15) is 5.82 Å². The van der Waals surface area contributed by atoms with Gasteiger partial charge in [-0.15, -0.1) is 0 Å². The summed E-state index contributed by atoms with van der Waals surface area (Å²) in [7, 11) is 0. The molecule has 2 aromatic rings. The lowest BCUT2D eigenvalue weighted by atomic mass is 10.0. The van der Waals surface area contributed by atoms with Crippen LogP contribution in [0.15, 0.2) is 36.4 Å². The molecule has 0 bridgehead atoms. The van der Waals surface area contributed by atoms with Crippen molar-refractivity contribution in [3.8, 4) is 0 Å². The van der Waals surface area contributed by atoms with Crippen LogP contribution in [0.5, 0.6) is 0 Å². The highest BCUT2D eigenvalue weighted by Crippen LogP contribution is 2.32. The van der Waals surface area contributed by atoms with Gasteiger partial charge in [-0.3, -0.25) is 9.59 Å². The molecule has 0 heterocycles. The number of ketones is 1. The van der Waals surface area contributed by atoms with Crippen molar-refractivity contribution in [2.45, 2.75) is 44.8 Å². The Morgan fingerprint density at radius 1 is 0.964 bits per heavy atom. The molecule has 28 heavy (non-hydrogen) atoms. The van der Waals surface area contributed by atoms with E-state index in [2.05, 4.69) is 5.32 Å². The van der Waals surface area contributed by atoms with Crippen LogP contribution in [-0.2, 0) is 30.4 Å². The first-order valence-corrected chi connectivity index (χ1v) is 9.01. The zero-order valence-corrected chi connectivity index (χ0v) is 15.0. The van der Waals surface area contributed by atoms with Gasteiger partial charge in [-0.05, 0) is 54.2 Å². The summed E-state index contributed by atoms with van der Waals surface area (Å²) in [4.78, 5) is 24.2. The Morgan fingerprint density at radius 2 is 1.71 bits per heavy atom. The number of benzene rings is 2. The normalized spacial score (nSPS) is 13.3. The zero-order chi connectivity index (χ0) is 20.3. The average molecular weight is 393 g/mol. The van der Waals surface area contributed by atoms with Gasteiger partial charge in [-0.1, -0.05) is 18.2 Å². The lowest BCUT2D eigenvalue weighted by molar-refractivity contribution is -0.138. The molecule has 0 saturated heterocycles. The second kappa shape index (κ2) is 8.12. The molecule has 0 aromatic heterocycles. The molecule has 7 heteroatoms. The summed E-state index contributed by atoms with van der Waals surface area (Å²) in [5.74, 6) is -1.71. The first-order chi connectivity index (χ1) is 13.2. The molecular formula is C21H19F4NO2. The Kier molecular flexibility index (Phi) is 5.82. The van der Waals surface area contributed by atoms with E-state index in [1.54, 1.807) is 6.07 Å². The SMILES string of the molecule is O=C(CCC(=O)c1ccc2c(c1)CCC2)NCc1ccc(F)cc1C(F)(F)F. The van der Waals surface area contributed by atoms with Crippen LogP contribution in [0.4, 0.5) is 17.6 Å². The third-order valence-electron chi connectivity index (χ3n) is 4.85. The molecule has 1 aliphatic carbocycles. The predicted octanol–water partition coefficient (Wildman–Crippen LogP) is 4.61. The summed E-state index contributed by atoms with van der Waals surface area (Å²) in [6, 6.07) is 7.85. The second-order valence-electron chi connectivity index (χ2n) is 6.84. The third-order valence-corrected chi connectivity index (χ3v) is 4.85. The number of aryl methyl sites for hydroxylation is 2. The van der Waals surface area contributed by atoms with Gasteiger partial charge in [0.25, 0.3) is 0 Å². The molecule has 3 nitrogen and oxygen atoms in total. The first-order valence-electron chi connectivity index (χ1n) is 9.01. The molecule has 3 rings (SSSR count). The summed E-state index contributed by atoms with van der Waals surface area (Å²) >= 11 is 0. The number of rotatable bonds is 6. The van der Waals surface area contributed by atoms with Crippen LogP contribution >= 0.6 is 0 Å². The molecule has 1 amide bonds. The number of hydrogen-bond donors (Lipinski definition) is 1. The number of carbonyl (C=O) groups is 2. The molecule has 0 fully saturated rings. The van der Waals surface area contributed by atoms with Gasteiger partial charge in [0.2, 0.25) is 5.91 Å². The summed E-state index contributed by atoms with van der Waals surface area (Å²) in [6.07, 6.45) is -1.85. The van der Waals surface area contributed by atoms with Crippen molar-refractivity contribution in [3.05, 3.63) is 70.0 Å². The number of Topliss-reactive ketones (excluding diaryl/α,β-unsaturated/α-hetero) is 1. The van der Waals surface area contributed by atoms with E-state index < -0.39 is 23.5 Å². The van der Waals surface area contributed by atoms with E-state index in [1.165, 1.54) is 5.56 Å². The maximum Gasteiger partial charge on any atom is 0.416 e. The molecule has 0 atom stereocenters.